The van der Waals surface area contributed by atoms with E-state index in [1.165, 1.54) is 0 Å². The lowest BCUT2D eigenvalue weighted by molar-refractivity contribution is -0.187. The molecule has 3 aromatic carbocycles. The zero-order valence-electron chi connectivity index (χ0n) is 37.9. The summed E-state index contributed by atoms with van der Waals surface area (Å²) in [6, 6.07) is 30.4. The van der Waals surface area contributed by atoms with Gasteiger partial charge in [0.25, 0.3) is 5.91 Å². The Morgan fingerprint density at radius 2 is 1.44 bits per heavy atom. The van der Waals surface area contributed by atoms with Crippen LogP contribution in [0, 0.1) is 16.7 Å². The van der Waals surface area contributed by atoms with Gasteiger partial charge in [0.15, 0.2) is 26.5 Å². The lowest BCUT2D eigenvalue weighted by Gasteiger charge is -2.60. The Hall–Kier alpha value is -3.68. The van der Waals surface area contributed by atoms with Gasteiger partial charge in [-0.15, -0.1) is 0 Å². The van der Waals surface area contributed by atoms with Gasteiger partial charge in [0.2, 0.25) is 0 Å². The zero-order valence-corrected chi connectivity index (χ0v) is 38.9. The minimum Gasteiger partial charge on any atom is -0.456 e. The number of ether oxygens (including phenoxy) is 6. The molecule has 0 radical (unpaired) electrons. The molecule has 3 saturated heterocycles. The van der Waals surface area contributed by atoms with Crippen LogP contribution in [0.2, 0.25) is 18.1 Å². The van der Waals surface area contributed by atoms with Crippen molar-refractivity contribution < 1.29 is 42.4 Å². The Kier molecular flexibility index (Phi) is 11.3. The van der Waals surface area contributed by atoms with Gasteiger partial charge in [0.05, 0.1) is 30.5 Å². The molecule has 3 heterocycles. The number of nitrogens with one attached hydrogen (secondary N) is 1. The van der Waals surface area contributed by atoms with E-state index >= 15 is 4.79 Å². The van der Waals surface area contributed by atoms with E-state index in [-0.39, 0.29) is 35.6 Å². The van der Waals surface area contributed by atoms with E-state index in [1.54, 1.807) is 12.1 Å². The summed E-state index contributed by atoms with van der Waals surface area (Å²) in [4.78, 5) is 29.6. The molecule has 332 valence electrons. The van der Waals surface area contributed by atoms with Crippen LogP contribution in [0.25, 0.3) is 0 Å². The molecule has 1 spiro atoms. The molecular formula is C51H65NO9Si. The molecular weight excluding hydrogens is 799 g/mol. The molecule has 3 aliphatic carbocycles. The van der Waals surface area contributed by atoms with Gasteiger partial charge in [0.1, 0.15) is 17.8 Å². The van der Waals surface area contributed by atoms with Gasteiger partial charge in [-0.25, -0.2) is 4.79 Å². The molecule has 2 saturated carbocycles. The molecule has 6 aliphatic rings. The second kappa shape index (κ2) is 16.1. The minimum absolute atomic E-state index is 0.0279. The first-order chi connectivity index (χ1) is 29.6. The predicted octanol–water partition coefficient (Wildman–Crippen LogP) is 9.78. The van der Waals surface area contributed by atoms with Crippen molar-refractivity contribution in [2.75, 3.05) is 0 Å². The van der Waals surface area contributed by atoms with Crippen molar-refractivity contribution >= 4 is 20.2 Å². The maximum absolute atomic E-state index is 15.5. The fourth-order valence-corrected chi connectivity index (χ4v) is 14.9. The van der Waals surface area contributed by atoms with E-state index in [4.69, 9.17) is 32.8 Å². The van der Waals surface area contributed by atoms with E-state index in [0.29, 0.717) is 12.0 Å². The maximum atomic E-state index is 15.5. The molecule has 1 N–H and O–H groups in total. The number of carbonyl (C=O) groups is 2. The van der Waals surface area contributed by atoms with Crippen LogP contribution in [0.15, 0.2) is 102 Å². The van der Waals surface area contributed by atoms with Crippen molar-refractivity contribution in [3.8, 4) is 0 Å². The summed E-state index contributed by atoms with van der Waals surface area (Å²) >= 11 is 0. The van der Waals surface area contributed by atoms with Gasteiger partial charge < -0.3 is 38.2 Å². The Morgan fingerprint density at radius 3 is 2.08 bits per heavy atom. The standard InChI is InChI=1S/C51H65NO9Si/c1-10-62(11-2,12-3)61-42(39(32-22-16-13-17-23-32)52-45(53)33-24-18-14-19-25-33)46(54)56-36-30-51-43(57-47(60-51)34-26-20-15-21-27-34)38-40-35(55-40)28-29-50(38,9)44-41(58-49(7,8)59-44)37(31(36)4)48(51,5)6/h13-27,35-36,38-44,47H,10-12,28-30H2,1-9H3,(H,52,53)/t35-,36+,38+,39+,40-,41-,42-,43+,44+,47+,50-,51-/m1/s1. The largest absolute Gasteiger partial charge is 0.456 e. The van der Waals surface area contributed by atoms with Crippen molar-refractivity contribution in [1.82, 2.24) is 5.32 Å². The van der Waals surface area contributed by atoms with Crippen LogP contribution in [-0.2, 0) is 37.6 Å². The SMILES string of the molecule is CC[Si](CC)(CC)O[C@@H](C(=O)O[C@H]1C[C@@]23O[C@@H](c4ccccc4)O[C@H]2[C@@H]2[C@@H]4O[C@@H]4CC[C@@]2(C)[C@H]2OC(C)(C)O[C@@H]2C(=C1C)C3(C)C)[C@@H](NC(=O)c1ccccc1)c1ccccc1. The summed E-state index contributed by atoms with van der Waals surface area (Å²) in [5.41, 5.74) is 2.10. The molecule has 9 rings (SSSR count). The van der Waals surface area contributed by atoms with E-state index in [0.717, 1.165) is 53.2 Å². The van der Waals surface area contributed by atoms with E-state index in [9.17, 15) is 4.79 Å². The van der Waals surface area contributed by atoms with Crippen molar-refractivity contribution in [3.63, 3.8) is 0 Å². The van der Waals surface area contributed by atoms with Crippen LogP contribution in [0.4, 0.5) is 0 Å². The Labute approximate surface area is 368 Å². The number of hydrogen-bond acceptors (Lipinski definition) is 9. The van der Waals surface area contributed by atoms with E-state index in [2.05, 4.69) is 65.9 Å². The second-order valence-corrected chi connectivity index (χ2v) is 24.6. The van der Waals surface area contributed by atoms with Gasteiger partial charge in [0, 0.05) is 34.3 Å². The monoisotopic (exact) mass is 863 g/mol. The number of rotatable bonds is 12. The predicted molar refractivity (Wildman–Crippen MR) is 237 cm³/mol. The van der Waals surface area contributed by atoms with Gasteiger partial charge in [-0.3, -0.25) is 4.79 Å². The molecule has 1 amide bonds. The van der Waals surface area contributed by atoms with Crippen LogP contribution in [0.3, 0.4) is 0 Å². The molecule has 62 heavy (non-hydrogen) atoms. The number of esters is 1. The number of fused-ring (bicyclic) bond motifs is 8. The fourth-order valence-electron chi connectivity index (χ4n) is 12.2. The van der Waals surface area contributed by atoms with Crippen LogP contribution < -0.4 is 5.32 Å². The number of amides is 1. The molecule has 5 fully saturated rings. The molecule has 3 aliphatic heterocycles. The first-order valence-electron chi connectivity index (χ1n) is 23.0. The first-order valence-corrected chi connectivity index (χ1v) is 25.5. The maximum Gasteiger partial charge on any atom is 0.337 e. The summed E-state index contributed by atoms with van der Waals surface area (Å²) in [6.07, 6.45) is -1.44. The lowest BCUT2D eigenvalue weighted by Crippen LogP contribution is -2.68. The number of epoxide rings is 1. The summed E-state index contributed by atoms with van der Waals surface area (Å²) in [5.74, 6) is -1.79. The van der Waals surface area contributed by atoms with Crippen molar-refractivity contribution in [2.45, 2.75) is 166 Å². The highest BCUT2D eigenvalue weighted by molar-refractivity contribution is 6.73. The summed E-state index contributed by atoms with van der Waals surface area (Å²) < 4.78 is 49.7. The second-order valence-electron chi connectivity index (χ2n) is 19.9. The summed E-state index contributed by atoms with van der Waals surface area (Å²) in [7, 11) is -2.51. The van der Waals surface area contributed by atoms with Crippen LogP contribution in [0.5, 0.6) is 0 Å². The first kappa shape index (κ1) is 43.6. The molecule has 0 aromatic heterocycles. The molecule has 10 nitrogen and oxygen atoms in total. The Balaban J connectivity index is 1.18. The van der Waals surface area contributed by atoms with E-state index in [1.807, 2.05) is 80.6 Å². The van der Waals surface area contributed by atoms with Crippen molar-refractivity contribution in [2.24, 2.45) is 16.7 Å². The average molecular weight is 864 g/mol. The van der Waals surface area contributed by atoms with Gasteiger partial charge in [-0.2, -0.15) is 0 Å². The molecule has 3 aromatic rings. The molecule has 11 heteroatoms. The highest BCUT2D eigenvalue weighted by Crippen LogP contribution is 2.69. The quantitative estimate of drug-likeness (QED) is 0.0823. The third kappa shape index (κ3) is 7.14. The Bertz CT molecular complexity index is 2150. The van der Waals surface area contributed by atoms with Crippen LogP contribution in [-0.4, -0.2) is 74.3 Å². The average Bonchev–Trinajstić information content (AvgIpc) is 3.85. The molecule has 2 bridgehead atoms. The molecule has 0 unspecified atom stereocenters. The van der Waals surface area contributed by atoms with Gasteiger partial charge in [-0.1, -0.05) is 120 Å². The fraction of sp³-hybridized carbons (Fsp3) is 0.569. The highest BCUT2D eigenvalue weighted by Gasteiger charge is 2.76. The van der Waals surface area contributed by atoms with Crippen molar-refractivity contribution in [3.05, 3.63) is 119 Å². The van der Waals surface area contributed by atoms with Crippen molar-refractivity contribution in [1.29, 1.82) is 0 Å². The minimum atomic E-state index is -2.51. The summed E-state index contributed by atoms with van der Waals surface area (Å²) in [5, 5.41) is 3.24. The summed E-state index contributed by atoms with van der Waals surface area (Å²) in [6.45, 7) is 19.3. The number of benzene rings is 3. The highest BCUT2D eigenvalue weighted by atomic mass is 28.4. The normalized spacial score (nSPS) is 34.9. The lowest BCUT2D eigenvalue weighted by atomic mass is 9.48. The van der Waals surface area contributed by atoms with Crippen LogP contribution in [0.1, 0.15) is 115 Å². The zero-order chi connectivity index (χ0) is 43.8. The number of carbonyl (C=O) groups excluding carboxylic acids is 2. The van der Waals surface area contributed by atoms with Gasteiger partial charge in [-0.05, 0) is 80.6 Å². The number of hydrogen-bond donors (Lipinski definition) is 1. The Morgan fingerprint density at radius 1 is 0.806 bits per heavy atom. The topological polar surface area (TPSA) is 114 Å². The van der Waals surface area contributed by atoms with E-state index < -0.39 is 67.8 Å². The van der Waals surface area contributed by atoms with Crippen LogP contribution >= 0.6 is 0 Å². The smallest absolute Gasteiger partial charge is 0.337 e. The van der Waals surface area contributed by atoms with Gasteiger partial charge >= 0.3 is 5.97 Å². The third-order valence-corrected chi connectivity index (χ3v) is 20.5. The molecule has 12 atom stereocenters. The third-order valence-electron chi connectivity index (χ3n) is 15.9.